The van der Waals surface area contributed by atoms with Crippen molar-refractivity contribution >= 4 is 34.8 Å². The first-order chi connectivity index (χ1) is 12.2. The van der Waals surface area contributed by atoms with E-state index in [0.29, 0.717) is 33.2 Å². The molecule has 6 nitrogen and oxygen atoms in total. The molecule has 26 heavy (non-hydrogen) atoms. The number of aryl methyl sites for hydroxylation is 1. The van der Waals surface area contributed by atoms with Crippen LogP contribution in [0.3, 0.4) is 0 Å². The van der Waals surface area contributed by atoms with Gasteiger partial charge in [-0.05, 0) is 50.6 Å². The van der Waals surface area contributed by atoms with E-state index >= 15 is 0 Å². The number of Topliss-reactive ketones (excluding diaryl/α,β-unsaturated/α-hetero) is 2. The van der Waals surface area contributed by atoms with Gasteiger partial charge in [-0.3, -0.25) is 14.4 Å². The van der Waals surface area contributed by atoms with E-state index in [9.17, 15) is 14.4 Å². The lowest BCUT2D eigenvalue weighted by molar-refractivity contribution is -0.861. The van der Waals surface area contributed by atoms with Crippen LogP contribution in [-0.4, -0.2) is 42.6 Å². The number of likely N-dealkylation sites (N-methyl/N-ethyl adjacent to an activating group) is 1. The number of rotatable bonds is 7. The standard InChI is InChI=1S/C19H22ClN3O3/c1-11-18(13(3)24)12(2)21-19(11)16(25)9-23(4)10-17(26)22-15-7-5-14(20)6-8-15/h5-8,21H,9-10H2,1-4H3,(H,22,26)/p+1. The van der Waals surface area contributed by atoms with Crippen molar-refractivity contribution in [2.45, 2.75) is 20.8 Å². The number of carbonyl (C=O) groups is 3. The van der Waals surface area contributed by atoms with E-state index in [1.165, 1.54) is 6.92 Å². The predicted molar refractivity (Wildman–Crippen MR) is 101 cm³/mol. The number of quaternary nitrogens is 1. The van der Waals surface area contributed by atoms with Gasteiger partial charge in [0.15, 0.2) is 12.3 Å². The summed E-state index contributed by atoms with van der Waals surface area (Å²) in [5.74, 6) is -0.394. The Morgan fingerprint density at radius 3 is 2.27 bits per heavy atom. The second-order valence-corrected chi connectivity index (χ2v) is 6.91. The summed E-state index contributed by atoms with van der Waals surface area (Å²) >= 11 is 5.81. The molecule has 2 rings (SSSR count). The number of H-pyrrole nitrogens is 1. The van der Waals surface area contributed by atoms with Gasteiger partial charge in [0, 0.05) is 22.0 Å². The predicted octanol–water partition coefficient (Wildman–Crippen LogP) is 1.82. The monoisotopic (exact) mass is 376 g/mol. The summed E-state index contributed by atoms with van der Waals surface area (Å²) in [5.41, 5.74) is 3.01. The Balaban J connectivity index is 1.97. The highest BCUT2D eigenvalue weighted by Crippen LogP contribution is 2.18. The van der Waals surface area contributed by atoms with E-state index in [4.69, 9.17) is 11.6 Å². The lowest BCUT2D eigenvalue weighted by atomic mass is 10.1. The molecule has 1 heterocycles. The Bertz CT molecular complexity index is 840. The van der Waals surface area contributed by atoms with Crippen molar-refractivity contribution in [2.75, 3.05) is 25.5 Å². The lowest BCUT2D eigenvalue weighted by Crippen LogP contribution is -3.11. The van der Waals surface area contributed by atoms with Gasteiger partial charge in [0.2, 0.25) is 5.78 Å². The molecule has 1 aromatic carbocycles. The molecular weight excluding hydrogens is 354 g/mol. The van der Waals surface area contributed by atoms with Crippen LogP contribution in [0, 0.1) is 13.8 Å². The molecule has 3 N–H and O–H groups in total. The number of anilines is 1. The number of aromatic amines is 1. The normalized spacial score (nSPS) is 11.9. The molecule has 0 radical (unpaired) electrons. The zero-order chi connectivity index (χ0) is 19.4. The third-order valence-corrected chi connectivity index (χ3v) is 4.37. The number of carbonyl (C=O) groups excluding carboxylic acids is 3. The van der Waals surface area contributed by atoms with Gasteiger partial charge in [0.25, 0.3) is 5.91 Å². The summed E-state index contributed by atoms with van der Waals surface area (Å²) in [6.45, 7) is 5.31. The second kappa shape index (κ2) is 8.29. The molecule has 2 aromatic rings. The molecule has 0 aliphatic carbocycles. The average Bonchev–Trinajstić information content (AvgIpc) is 2.84. The summed E-state index contributed by atoms with van der Waals surface area (Å²) in [5, 5.41) is 3.37. The fraction of sp³-hybridized carbons (Fsp3) is 0.316. The van der Waals surface area contributed by atoms with Gasteiger partial charge in [0.1, 0.15) is 6.54 Å². The minimum absolute atomic E-state index is 0.0710. The van der Waals surface area contributed by atoms with Crippen molar-refractivity contribution in [3.05, 3.63) is 51.8 Å². The van der Waals surface area contributed by atoms with Gasteiger partial charge in [-0.2, -0.15) is 0 Å². The molecule has 0 aliphatic rings. The van der Waals surface area contributed by atoms with Gasteiger partial charge >= 0.3 is 0 Å². The van der Waals surface area contributed by atoms with E-state index in [1.54, 1.807) is 45.2 Å². The first-order valence-electron chi connectivity index (χ1n) is 8.29. The maximum atomic E-state index is 12.5. The maximum absolute atomic E-state index is 12.5. The third kappa shape index (κ3) is 4.80. The van der Waals surface area contributed by atoms with Crippen LogP contribution in [0.4, 0.5) is 5.69 Å². The molecule has 0 saturated carbocycles. The second-order valence-electron chi connectivity index (χ2n) is 6.47. The molecule has 0 fully saturated rings. The van der Waals surface area contributed by atoms with Gasteiger partial charge in [-0.15, -0.1) is 0 Å². The van der Waals surface area contributed by atoms with Crippen LogP contribution in [0.25, 0.3) is 0 Å². The van der Waals surface area contributed by atoms with Gasteiger partial charge in [-0.25, -0.2) is 0 Å². The molecule has 0 saturated heterocycles. The molecule has 1 atom stereocenters. The smallest absolute Gasteiger partial charge is 0.279 e. The molecular formula is C19H23ClN3O3+. The van der Waals surface area contributed by atoms with Crippen molar-refractivity contribution in [1.82, 2.24) is 4.98 Å². The van der Waals surface area contributed by atoms with Crippen molar-refractivity contribution in [2.24, 2.45) is 0 Å². The quantitative estimate of drug-likeness (QED) is 0.644. The third-order valence-electron chi connectivity index (χ3n) is 4.12. The highest BCUT2D eigenvalue weighted by molar-refractivity contribution is 6.30. The fourth-order valence-electron chi connectivity index (χ4n) is 2.99. The van der Waals surface area contributed by atoms with Crippen molar-refractivity contribution in [1.29, 1.82) is 0 Å². The number of aromatic nitrogens is 1. The minimum Gasteiger partial charge on any atom is -0.355 e. The van der Waals surface area contributed by atoms with Crippen LogP contribution in [0.2, 0.25) is 5.02 Å². The number of halogens is 1. The summed E-state index contributed by atoms with van der Waals surface area (Å²) in [7, 11) is 1.77. The van der Waals surface area contributed by atoms with Crippen LogP contribution < -0.4 is 10.2 Å². The van der Waals surface area contributed by atoms with Crippen LogP contribution >= 0.6 is 11.6 Å². The van der Waals surface area contributed by atoms with Gasteiger partial charge < -0.3 is 15.2 Å². The van der Waals surface area contributed by atoms with Gasteiger partial charge in [0.05, 0.1) is 12.7 Å². The molecule has 138 valence electrons. The minimum atomic E-state index is -0.193. The molecule has 1 aromatic heterocycles. The fourth-order valence-corrected chi connectivity index (χ4v) is 3.12. The van der Waals surface area contributed by atoms with Crippen molar-refractivity contribution in [3.63, 3.8) is 0 Å². The maximum Gasteiger partial charge on any atom is 0.279 e. The van der Waals surface area contributed by atoms with Crippen LogP contribution in [0.1, 0.15) is 39.0 Å². The van der Waals surface area contributed by atoms with E-state index in [0.717, 1.165) is 4.90 Å². The number of hydrogen-bond donors (Lipinski definition) is 3. The topological polar surface area (TPSA) is 83.5 Å². The van der Waals surface area contributed by atoms with E-state index in [1.807, 2.05) is 0 Å². The van der Waals surface area contributed by atoms with Crippen LogP contribution in [-0.2, 0) is 4.79 Å². The van der Waals surface area contributed by atoms with Crippen LogP contribution in [0.15, 0.2) is 24.3 Å². The highest BCUT2D eigenvalue weighted by atomic mass is 35.5. The lowest BCUT2D eigenvalue weighted by Gasteiger charge is -2.13. The summed E-state index contributed by atoms with van der Waals surface area (Å²) < 4.78 is 0. The van der Waals surface area contributed by atoms with Gasteiger partial charge in [-0.1, -0.05) is 11.6 Å². The van der Waals surface area contributed by atoms with E-state index < -0.39 is 0 Å². The summed E-state index contributed by atoms with van der Waals surface area (Å²) in [4.78, 5) is 40.1. The molecule has 0 aliphatic heterocycles. The zero-order valence-electron chi connectivity index (χ0n) is 15.3. The Labute approximate surface area is 157 Å². The molecule has 0 bridgehead atoms. The SMILES string of the molecule is CC(=O)c1c(C)[nH]c(C(=O)C[NH+](C)CC(=O)Nc2ccc(Cl)cc2)c1C. The summed E-state index contributed by atoms with van der Waals surface area (Å²) in [6.07, 6.45) is 0. The number of ketones is 2. The molecule has 7 heteroatoms. The average molecular weight is 377 g/mol. The van der Waals surface area contributed by atoms with Crippen LogP contribution in [0.5, 0.6) is 0 Å². The number of nitrogens with one attached hydrogen (secondary N) is 3. The van der Waals surface area contributed by atoms with E-state index in [2.05, 4.69) is 10.3 Å². The number of benzene rings is 1. The Kier molecular flexibility index (Phi) is 6.34. The Morgan fingerprint density at radius 2 is 1.73 bits per heavy atom. The number of amides is 1. The van der Waals surface area contributed by atoms with Crippen molar-refractivity contribution < 1.29 is 19.3 Å². The highest BCUT2D eigenvalue weighted by Gasteiger charge is 2.22. The first-order valence-corrected chi connectivity index (χ1v) is 8.66. The number of hydrogen-bond acceptors (Lipinski definition) is 3. The Hall–Kier alpha value is -2.44. The van der Waals surface area contributed by atoms with E-state index in [-0.39, 0.29) is 30.6 Å². The largest absolute Gasteiger partial charge is 0.355 e. The summed E-state index contributed by atoms with van der Waals surface area (Å²) in [6, 6.07) is 6.82. The zero-order valence-corrected chi connectivity index (χ0v) is 16.1. The Morgan fingerprint density at radius 1 is 1.12 bits per heavy atom. The first kappa shape index (κ1) is 19.9. The molecule has 1 unspecified atom stereocenters. The van der Waals surface area contributed by atoms with Crippen molar-refractivity contribution in [3.8, 4) is 0 Å². The molecule has 1 amide bonds. The molecule has 0 spiro atoms.